The van der Waals surface area contributed by atoms with E-state index in [1.165, 1.54) is 6.08 Å². The van der Waals surface area contributed by atoms with Crippen molar-refractivity contribution >= 4 is 23.4 Å². The second kappa shape index (κ2) is 10.1. The largest absolute Gasteiger partial charge is 0.507 e. The molecule has 2 aromatic carbocycles. The Labute approximate surface area is 180 Å². The summed E-state index contributed by atoms with van der Waals surface area (Å²) >= 11 is 6.17. The molecule has 156 valence electrons. The fourth-order valence-electron chi connectivity index (χ4n) is 3.34. The summed E-state index contributed by atoms with van der Waals surface area (Å²) in [7, 11) is 0. The molecule has 0 saturated carbocycles. The summed E-state index contributed by atoms with van der Waals surface area (Å²) < 4.78 is 5.72. The standard InChI is InChI=1S/C24H23ClO5/c25-23-19-14-17(26)11-7-2-1-3-8-12-18(13-16-9-5-4-6-10-16)30-24(29)22(19)20(27)15-21(23)28/h3-11,15,18,27-28H,1-2,12-14H2/t18-/m0/s1. The third-order valence-electron chi connectivity index (χ3n) is 4.83. The van der Waals surface area contributed by atoms with Gasteiger partial charge in [0, 0.05) is 30.9 Å². The number of aromatic hydroxyl groups is 2. The van der Waals surface area contributed by atoms with E-state index < -0.39 is 23.6 Å². The summed E-state index contributed by atoms with van der Waals surface area (Å²) in [5.41, 5.74) is 0.870. The topological polar surface area (TPSA) is 83.8 Å². The lowest BCUT2D eigenvalue weighted by molar-refractivity contribution is -0.114. The lowest BCUT2D eigenvalue weighted by Crippen LogP contribution is -2.22. The van der Waals surface area contributed by atoms with Crippen LogP contribution in [0.3, 0.4) is 0 Å². The minimum Gasteiger partial charge on any atom is -0.507 e. The van der Waals surface area contributed by atoms with Gasteiger partial charge in [-0.2, -0.15) is 0 Å². The van der Waals surface area contributed by atoms with E-state index in [0.29, 0.717) is 19.3 Å². The van der Waals surface area contributed by atoms with Gasteiger partial charge in [-0.1, -0.05) is 60.2 Å². The summed E-state index contributed by atoms with van der Waals surface area (Å²) in [4.78, 5) is 25.3. The highest BCUT2D eigenvalue weighted by Crippen LogP contribution is 2.37. The minimum atomic E-state index is -0.785. The van der Waals surface area contributed by atoms with Crippen molar-refractivity contribution in [3.63, 3.8) is 0 Å². The Bertz CT molecular complexity index is 979. The highest BCUT2D eigenvalue weighted by molar-refractivity contribution is 6.33. The van der Waals surface area contributed by atoms with Crippen LogP contribution in [-0.2, 0) is 22.4 Å². The Balaban J connectivity index is 1.99. The minimum absolute atomic E-state index is 0.0554. The van der Waals surface area contributed by atoms with Crippen LogP contribution in [0.25, 0.3) is 0 Å². The van der Waals surface area contributed by atoms with Crippen molar-refractivity contribution in [2.24, 2.45) is 0 Å². The van der Waals surface area contributed by atoms with Gasteiger partial charge in [-0.05, 0) is 24.5 Å². The second-order valence-electron chi connectivity index (χ2n) is 7.13. The predicted molar refractivity (Wildman–Crippen MR) is 115 cm³/mol. The molecule has 1 heterocycles. The first kappa shape index (κ1) is 21.7. The van der Waals surface area contributed by atoms with Crippen molar-refractivity contribution in [2.75, 3.05) is 0 Å². The first-order chi connectivity index (χ1) is 14.5. The van der Waals surface area contributed by atoms with Crippen LogP contribution in [-0.4, -0.2) is 28.1 Å². The average molecular weight is 427 g/mol. The highest BCUT2D eigenvalue weighted by Gasteiger charge is 2.26. The molecule has 1 aliphatic heterocycles. The number of esters is 1. The van der Waals surface area contributed by atoms with Crippen LogP contribution in [0.4, 0.5) is 0 Å². The number of halogens is 1. The number of allylic oxidation sites excluding steroid dienone is 3. The van der Waals surface area contributed by atoms with Gasteiger partial charge in [-0.25, -0.2) is 4.79 Å². The zero-order valence-corrected chi connectivity index (χ0v) is 17.1. The Morgan fingerprint density at radius 3 is 2.50 bits per heavy atom. The fourth-order valence-corrected chi connectivity index (χ4v) is 3.56. The van der Waals surface area contributed by atoms with Crippen molar-refractivity contribution in [3.8, 4) is 11.5 Å². The van der Waals surface area contributed by atoms with Crippen LogP contribution < -0.4 is 0 Å². The van der Waals surface area contributed by atoms with Crippen molar-refractivity contribution in [3.05, 3.63) is 82.4 Å². The molecule has 2 N–H and O–H groups in total. The number of benzene rings is 2. The molecule has 0 unspecified atom stereocenters. The average Bonchev–Trinajstić information content (AvgIpc) is 2.71. The summed E-state index contributed by atoms with van der Waals surface area (Å²) in [6.07, 6.45) is 8.87. The molecule has 0 bridgehead atoms. The van der Waals surface area contributed by atoms with Crippen LogP contribution in [0, 0.1) is 0 Å². The maximum atomic E-state index is 13.0. The molecule has 0 spiro atoms. The Kier molecular flexibility index (Phi) is 7.31. The van der Waals surface area contributed by atoms with Gasteiger partial charge in [-0.3, -0.25) is 4.79 Å². The number of fused-ring (bicyclic) bond motifs is 1. The molecule has 3 rings (SSSR count). The number of rotatable bonds is 2. The molecule has 5 nitrogen and oxygen atoms in total. The van der Waals surface area contributed by atoms with Gasteiger partial charge in [0.25, 0.3) is 0 Å². The maximum Gasteiger partial charge on any atom is 0.342 e. The van der Waals surface area contributed by atoms with Gasteiger partial charge in [0.05, 0.1) is 5.02 Å². The number of ether oxygens (including phenoxy) is 1. The molecule has 0 aromatic heterocycles. The quantitative estimate of drug-likeness (QED) is 0.525. The summed E-state index contributed by atoms with van der Waals surface area (Å²) in [6.45, 7) is 0. The molecular weight excluding hydrogens is 404 g/mol. The highest BCUT2D eigenvalue weighted by atomic mass is 35.5. The normalized spacial score (nSPS) is 17.8. The van der Waals surface area contributed by atoms with Gasteiger partial charge >= 0.3 is 5.97 Å². The molecule has 1 atom stereocenters. The van der Waals surface area contributed by atoms with Gasteiger partial charge in [0.2, 0.25) is 0 Å². The van der Waals surface area contributed by atoms with E-state index in [0.717, 1.165) is 18.1 Å². The van der Waals surface area contributed by atoms with Crippen LogP contribution in [0.5, 0.6) is 11.5 Å². The summed E-state index contributed by atoms with van der Waals surface area (Å²) in [5.74, 6) is -1.96. The Hall–Kier alpha value is -3.05. The first-order valence-corrected chi connectivity index (χ1v) is 10.2. The summed E-state index contributed by atoms with van der Waals surface area (Å²) in [5, 5.41) is 20.2. The van der Waals surface area contributed by atoms with E-state index in [9.17, 15) is 19.8 Å². The predicted octanol–water partition coefficient (Wildman–Crippen LogP) is 4.93. The molecule has 6 heteroatoms. The van der Waals surface area contributed by atoms with Crippen LogP contribution in [0.2, 0.25) is 5.02 Å². The number of hydrogen-bond acceptors (Lipinski definition) is 5. The number of phenols is 2. The molecule has 0 aliphatic carbocycles. The zero-order valence-electron chi connectivity index (χ0n) is 16.4. The number of carbonyl (C=O) groups excluding carboxylic acids is 2. The van der Waals surface area contributed by atoms with Gasteiger partial charge in [-0.15, -0.1) is 0 Å². The lowest BCUT2D eigenvalue weighted by atomic mass is 9.99. The number of ketones is 1. The van der Waals surface area contributed by atoms with Gasteiger partial charge in [0.15, 0.2) is 5.78 Å². The molecule has 2 aromatic rings. The van der Waals surface area contributed by atoms with E-state index in [4.69, 9.17) is 16.3 Å². The fraction of sp³-hybridized carbons (Fsp3) is 0.250. The number of carbonyl (C=O) groups is 2. The van der Waals surface area contributed by atoms with E-state index in [1.807, 2.05) is 42.5 Å². The zero-order chi connectivity index (χ0) is 21.5. The number of cyclic esters (lactones) is 1. The van der Waals surface area contributed by atoms with Crippen LogP contribution in [0.15, 0.2) is 60.7 Å². The lowest BCUT2D eigenvalue weighted by Gasteiger charge is -2.19. The number of phenolic OH excluding ortho intramolecular Hbond substituents is 2. The van der Waals surface area contributed by atoms with E-state index in [-0.39, 0.29) is 28.4 Å². The Morgan fingerprint density at radius 2 is 1.73 bits per heavy atom. The number of hydrogen-bond donors (Lipinski definition) is 2. The van der Waals surface area contributed by atoms with E-state index in [1.54, 1.807) is 6.08 Å². The van der Waals surface area contributed by atoms with Crippen molar-refractivity contribution < 1.29 is 24.5 Å². The van der Waals surface area contributed by atoms with Crippen molar-refractivity contribution in [2.45, 2.75) is 38.2 Å². The van der Waals surface area contributed by atoms with E-state index in [2.05, 4.69) is 0 Å². The molecule has 0 saturated heterocycles. The van der Waals surface area contributed by atoms with Crippen LogP contribution in [0.1, 0.15) is 40.7 Å². The molecule has 0 amide bonds. The summed E-state index contributed by atoms with van der Waals surface area (Å²) in [6, 6.07) is 10.6. The molecule has 30 heavy (non-hydrogen) atoms. The third kappa shape index (κ3) is 5.51. The molecule has 0 radical (unpaired) electrons. The second-order valence-corrected chi connectivity index (χ2v) is 7.51. The van der Waals surface area contributed by atoms with Crippen molar-refractivity contribution in [1.82, 2.24) is 0 Å². The van der Waals surface area contributed by atoms with Gasteiger partial charge < -0.3 is 14.9 Å². The monoisotopic (exact) mass is 426 g/mol. The SMILES string of the molecule is O=C1C=CCCC=CC[C@@H](Cc2ccccc2)OC(=O)c2c(O)cc(O)c(Cl)c2C1. The third-order valence-corrected chi connectivity index (χ3v) is 5.25. The van der Waals surface area contributed by atoms with Crippen molar-refractivity contribution in [1.29, 1.82) is 0 Å². The first-order valence-electron chi connectivity index (χ1n) is 9.78. The van der Waals surface area contributed by atoms with Gasteiger partial charge in [0.1, 0.15) is 23.2 Å². The molecular formula is C24H23ClO5. The van der Waals surface area contributed by atoms with Crippen LogP contribution >= 0.6 is 11.6 Å². The molecule has 0 fully saturated rings. The molecule has 1 aliphatic rings. The van der Waals surface area contributed by atoms with E-state index >= 15 is 0 Å². The maximum absolute atomic E-state index is 13.0. The Morgan fingerprint density at radius 1 is 1.00 bits per heavy atom. The smallest absolute Gasteiger partial charge is 0.342 e.